The van der Waals surface area contributed by atoms with Crippen LogP contribution in [0.4, 0.5) is 0 Å². The van der Waals surface area contributed by atoms with Gasteiger partial charge in [0.1, 0.15) is 11.5 Å². The van der Waals surface area contributed by atoms with Gasteiger partial charge in [0.15, 0.2) is 0 Å². The zero-order valence-corrected chi connectivity index (χ0v) is 30.5. The summed E-state index contributed by atoms with van der Waals surface area (Å²) in [6, 6.07) is 27.7. The fraction of sp³-hybridized carbons (Fsp3) is 0.333. The molecule has 4 rings (SSSR count). The van der Waals surface area contributed by atoms with Crippen LogP contribution in [0.1, 0.15) is 76.5 Å². The Morgan fingerprint density at radius 3 is 1.70 bits per heavy atom. The van der Waals surface area contributed by atoms with Gasteiger partial charge in [-0.15, -0.1) is 0 Å². The number of unbranched alkanes of at least 4 members (excludes halogenated alkanes) is 3. The van der Waals surface area contributed by atoms with Crippen molar-refractivity contribution in [2.24, 2.45) is 0 Å². The van der Waals surface area contributed by atoms with E-state index in [0.29, 0.717) is 16.2 Å². The van der Waals surface area contributed by atoms with E-state index >= 15 is 0 Å². The number of hydrogen-bond acceptors (Lipinski definition) is 6. The monoisotopic (exact) mass is 674 g/mol. The second-order valence-electron chi connectivity index (χ2n) is 12.6. The van der Waals surface area contributed by atoms with Crippen LogP contribution in [0.2, 0.25) is 0 Å². The smallest absolute Gasteiger partial charge is 0.410 e. The van der Waals surface area contributed by atoms with Gasteiger partial charge in [-0.25, -0.2) is 9.13 Å². The van der Waals surface area contributed by atoms with Gasteiger partial charge in [0.05, 0.1) is 16.2 Å². The maximum atomic E-state index is 14.5. The summed E-state index contributed by atoms with van der Waals surface area (Å²) in [6.07, 6.45) is 5.36. The second kappa shape index (κ2) is 15.7. The number of rotatable bonds is 16. The van der Waals surface area contributed by atoms with Gasteiger partial charge in [-0.05, 0) is 78.8 Å². The van der Waals surface area contributed by atoms with E-state index in [1.807, 2.05) is 56.3 Å². The Hall–Kier alpha value is -3.40. The minimum atomic E-state index is -3.89. The first-order chi connectivity index (χ1) is 22.4. The second-order valence-corrected chi connectivity index (χ2v) is 16.7. The third-order valence-corrected chi connectivity index (χ3v) is 12.2. The Labute approximate surface area is 281 Å². The first kappa shape index (κ1) is 36.4. The summed E-state index contributed by atoms with van der Waals surface area (Å²) in [6.45, 7) is 14.7. The van der Waals surface area contributed by atoms with Crippen molar-refractivity contribution in [2.75, 3.05) is 14.2 Å². The number of benzene rings is 4. The van der Waals surface area contributed by atoms with Gasteiger partial charge in [0.2, 0.25) is 0 Å². The lowest BCUT2D eigenvalue weighted by Gasteiger charge is -2.30. The van der Waals surface area contributed by atoms with Gasteiger partial charge < -0.3 is 9.05 Å². The highest BCUT2D eigenvalue weighted by Gasteiger charge is 2.35. The molecular weight excluding hydrogens is 626 g/mol. The van der Waals surface area contributed by atoms with E-state index in [-0.39, 0.29) is 16.9 Å². The van der Waals surface area contributed by atoms with Crippen LogP contribution in [-0.4, -0.2) is 14.2 Å². The zero-order chi connectivity index (χ0) is 34.2. The molecule has 0 amide bonds. The van der Waals surface area contributed by atoms with Crippen molar-refractivity contribution >= 4 is 31.4 Å². The number of aryl methyl sites for hydroxylation is 1. The molecule has 0 spiro atoms. The predicted molar refractivity (Wildman–Crippen MR) is 196 cm³/mol. The summed E-state index contributed by atoms with van der Waals surface area (Å²) in [5, 5.41) is 0.827. The third-order valence-electron chi connectivity index (χ3n) is 8.47. The highest BCUT2D eigenvalue weighted by atomic mass is 31.2. The van der Waals surface area contributed by atoms with Crippen molar-refractivity contribution in [3.63, 3.8) is 0 Å². The highest BCUT2D eigenvalue weighted by molar-refractivity contribution is 7.63. The molecule has 0 saturated heterocycles. The fourth-order valence-corrected chi connectivity index (χ4v) is 8.30. The van der Waals surface area contributed by atoms with E-state index in [2.05, 4.69) is 27.4 Å². The van der Waals surface area contributed by atoms with Gasteiger partial charge in [-0.1, -0.05) is 119 Å². The maximum absolute atomic E-state index is 14.5. The topological polar surface area (TPSA) is 71.1 Å². The largest absolute Gasteiger partial charge is 0.420 e. The molecular formula is C39H48O6P2. The zero-order valence-electron chi connectivity index (χ0n) is 28.7. The predicted octanol–water partition coefficient (Wildman–Crippen LogP) is 11.0. The summed E-state index contributed by atoms with van der Waals surface area (Å²) in [4.78, 5) is 0. The SMILES string of the molecule is C=C(C)c1ccc(C)cc1-c1c(OP(=O)(OC)c2ccccc2)cc(C(C)(C)CCCCCC)cc1OP(=O)(OC)c1ccccc1. The molecule has 0 fully saturated rings. The van der Waals surface area contributed by atoms with E-state index < -0.39 is 15.2 Å². The molecule has 0 radical (unpaired) electrons. The minimum absolute atomic E-state index is 0.289. The molecule has 0 aromatic heterocycles. The van der Waals surface area contributed by atoms with Crippen molar-refractivity contribution in [3.05, 3.63) is 114 Å². The summed E-state index contributed by atoms with van der Waals surface area (Å²) < 4.78 is 53.5. The number of hydrogen-bond donors (Lipinski definition) is 0. The van der Waals surface area contributed by atoms with Crippen molar-refractivity contribution < 1.29 is 27.2 Å². The van der Waals surface area contributed by atoms with Crippen LogP contribution in [0.3, 0.4) is 0 Å². The summed E-state index contributed by atoms with van der Waals surface area (Å²) in [5.74, 6) is 0.578. The molecule has 0 saturated carbocycles. The molecule has 2 unspecified atom stereocenters. The van der Waals surface area contributed by atoms with Crippen LogP contribution < -0.4 is 19.7 Å². The van der Waals surface area contributed by atoms with Crippen LogP contribution in [0.15, 0.2) is 97.6 Å². The van der Waals surface area contributed by atoms with Crippen molar-refractivity contribution in [1.82, 2.24) is 0 Å². The van der Waals surface area contributed by atoms with Crippen molar-refractivity contribution in [2.45, 2.75) is 72.1 Å². The molecule has 0 aliphatic carbocycles. The van der Waals surface area contributed by atoms with Crippen LogP contribution in [0.5, 0.6) is 11.5 Å². The molecule has 0 N–H and O–H groups in total. The Balaban J connectivity index is 2.07. The standard InChI is InChI=1S/C39H48O6P2/c1-9-10-11-18-25-39(5,6)31-27-36(44-46(40,42-7)32-19-14-12-15-20-32)38(35-26-30(4)23-24-34(35)29(2)3)37(28-31)45-47(41,43-8)33-21-16-13-17-22-33/h12-17,19-24,26-28H,2,9-11,18,25H2,1,3-8H3. The molecule has 250 valence electrons. The van der Waals surface area contributed by atoms with Crippen LogP contribution in [0.25, 0.3) is 16.7 Å². The quantitative estimate of drug-likeness (QED) is 0.0870. The molecule has 0 aliphatic rings. The van der Waals surface area contributed by atoms with E-state index in [0.717, 1.165) is 59.9 Å². The molecule has 47 heavy (non-hydrogen) atoms. The molecule has 0 aliphatic heterocycles. The van der Waals surface area contributed by atoms with Crippen molar-refractivity contribution in [3.8, 4) is 22.6 Å². The molecule has 0 bridgehead atoms. The maximum Gasteiger partial charge on any atom is 0.410 e. The average Bonchev–Trinajstić information content (AvgIpc) is 3.07. The van der Waals surface area contributed by atoms with Gasteiger partial charge in [-0.2, -0.15) is 0 Å². The van der Waals surface area contributed by atoms with Crippen LogP contribution >= 0.6 is 15.2 Å². The lowest BCUT2D eigenvalue weighted by atomic mass is 9.79. The first-order valence-corrected chi connectivity index (χ1v) is 19.2. The minimum Gasteiger partial charge on any atom is -0.420 e. The Morgan fingerprint density at radius 1 is 0.745 bits per heavy atom. The molecule has 4 aromatic carbocycles. The molecule has 6 nitrogen and oxygen atoms in total. The number of allylic oxidation sites excluding steroid dienone is 1. The molecule has 2 atom stereocenters. The normalized spacial score (nSPS) is 14.2. The van der Waals surface area contributed by atoms with Crippen LogP contribution in [-0.2, 0) is 23.6 Å². The fourth-order valence-electron chi connectivity index (χ4n) is 5.64. The van der Waals surface area contributed by atoms with Gasteiger partial charge in [0.25, 0.3) is 0 Å². The Kier molecular flexibility index (Phi) is 12.1. The Morgan fingerprint density at radius 2 is 1.26 bits per heavy atom. The molecule has 8 heteroatoms. The lowest BCUT2D eigenvalue weighted by Crippen LogP contribution is -2.19. The van der Waals surface area contributed by atoms with E-state index in [4.69, 9.17) is 18.1 Å². The van der Waals surface area contributed by atoms with Gasteiger partial charge in [0, 0.05) is 14.2 Å². The van der Waals surface area contributed by atoms with Gasteiger partial charge in [-0.3, -0.25) is 9.05 Å². The van der Waals surface area contributed by atoms with Gasteiger partial charge >= 0.3 is 15.2 Å². The lowest BCUT2D eigenvalue weighted by molar-refractivity contribution is 0.329. The first-order valence-electron chi connectivity index (χ1n) is 16.1. The van der Waals surface area contributed by atoms with E-state index in [9.17, 15) is 9.13 Å². The Bertz CT molecular complexity index is 1680. The summed E-state index contributed by atoms with van der Waals surface area (Å²) in [5.41, 5.74) is 4.42. The molecule has 0 heterocycles. The van der Waals surface area contributed by atoms with Crippen LogP contribution in [0, 0.1) is 6.92 Å². The average molecular weight is 675 g/mol. The van der Waals surface area contributed by atoms with E-state index in [1.54, 1.807) is 48.5 Å². The summed E-state index contributed by atoms with van der Waals surface area (Å²) in [7, 11) is -5.01. The van der Waals surface area contributed by atoms with E-state index in [1.165, 1.54) is 14.2 Å². The summed E-state index contributed by atoms with van der Waals surface area (Å²) >= 11 is 0. The highest BCUT2D eigenvalue weighted by Crippen LogP contribution is 2.56. The third kappa shape index (κ3) is 8.55. The molecule has 4 aromatic rings. The van der Waals surface area contributed by atoms with Crippen molar-refractivity contribution in [1.29, 1.82) is 0 Å².